The molecule has 1 heterocycles. The molecule has 28 heavy (non-hydrogen) atoms. The molecule has 1 fully saturated rings. The predicted octanol–water partition coefficient (Wildman–Crippen LogP) is 2.98. The Labute approximate surface area is 162 Å². The van der Waals surface area contributed by atoms with E-state index in [9.17, 15) is 14.4 Å². The first-order valence-electron chi connectivity index (χ1n) is 8.56. The zero-order valence-electron chi connectivity index (χ0n) is 15.5. The van der Waals surface area contributed by atoms with Gasteiger partial charge in [-0.05, 0) is 37.6 Å². The molecule has 1 saturated heterocycles. The topological polar surface area (TPSA) is 75.7 Å². The fraction of sp³-hybridized carbons (Fsp3) is 0.136. The Morgan fingerprint density at radius 1 is 1.14 bits per heavy atom. The maximum absolute atomic E-state index is 13.0. The van der Waals surface area contributed by atoms with E-state index in [1.807, 2.05) is 13.0 Å². The molecule has 3 rings (SSSR count). The maximum Gasteiger partial charge on any atom is 0.335 e. The van der Waals surface area contributed by atoms with Gasteiger partial charge in [0.1, 0.15) is 17.9 Å². The van der Waals surface area contributed by atoms with Crippen molar-refractivity contribution < 1.29 is 19.1 Å². The Bertz CT molecular complexity index is 1050. The maximum atomic E-state index is 13.0. The highest BCUT2D eigenvalue weighted by atomic mass is 16.5. The number of amides is 4. The summed E-state index contributed by atoms with van der Waals surface area (Å²) in [5, 5.41) is 2.22. The number of hydrogen-bond acceptors (Lipinski definition) is 4. The van der Waals surface area contributed by atoms with E-state index >= 15 is 0 Å². The lowest BCUT2D eigenvalue weighted by atomic mass is 10.0. The second-order valence-electron chi connectivity index (χ2n) is 6.28. The number of para-hydroxylation sites is 1. The van der Waals surface area contributed by atoms with E-state index < -0.39 is 17.8 Å². The monoisotopic (exact) mass is 374 g/mol. The molecule has 0 aromatic heterocycles. The molecule has 0 saturated carbocycles. The number of carbonyl (C=O) groups excluding carboxylic acids is 3. The summed E-state index contributed by atoms with van der Waals surface area (Å²) >= 11 is 0. The highest BCUT2D eigenvalue weighted by molar-refractivity contribution is 6.39. The van der Waals surface area contributed by atoms with Crippen molar-refractivity contribution in [1.82, 2.24) is 5.32 Å². The van der Waals surface area contributed by atoms with Gasteiger partial charge in [-0.2, -0.15) is 0 Å². The minimum atomic E-state index is -0.782. The molecule has 0 unspecified atom stereocenters. The van der Waals surface area contributed by atoms with E-state index in [0.29, 0.717) is 17.0 Å². The number of hydrogen-bond donors (Lipinski definition) is 1. The van der Waals surface area contributed by atoms with Gasteiger partial charge in [0.05, 0.1) is 5.69 Å². The third kappa shape index (κ3) is 3.64. The SMILES string of the molecule is C#CCOc1ccccc1/C=C1\C(=O)NC(=O)N(c2ccc(C)cc2C)C1=O. The van der Waals surface area contributed by atoms with Crippen molar-refractivity contribution in [3.63, 3.8) is 0 Å². The molecule has 0 atom stereocenters. The summed E-state index contributed by atoms with van der Waals surface area (Å²) in [5.41, 5.74) is 2.50. The number of urea groups is 1. The second kappa shape index (κ2) is 7.80. The second-order valence-corrected chi connectivity index (χ2v) is 6.28. The molecule has 1 aliphatic heterocycles. The lowest BCUT2D eigenvalue weighted by Gasteiger charge is -2.27. The Balaban J connectivity index is 2.04. The lowest BCUT2D eigenvalue weighted by Crippen LogP contribution is -2.54. The van der Waals surface area contributed by atoms with E-state index in [0.717, 1.165) is 16.0 Å². The largest absolute Gasteiger partial charge is 0.480 e. The van der Waals surface area contributed by atoms with Crippen molar-refractivity contribution in [3.8, 4) is 18.1 Å². The van der Waals surface area contributed by atoms with Crippen LogP contribution < -0.4 is 15.0 Å². The molecule has 1 N–H and O–H groups in total. The van der Waals surface area contributed by atoms with Crippen LogP contribution in [0.4, 0.5) is 10.5 Å². The van der Waals surface area contributed by atoms with Crippen LogP contribution in [-0.2, 0) is 9.59 Å². The molecule has 1 aliphatic rings. The van der Waals surface area contributed by atoms with Crippen LogP contribution in [0.5, 0.6) is 5.75 Å². The molecule has 4 amide bonds. The van der Waals surface area contributed by atoms with Crippen molar-refractivity contribution in [3.05, 3.63) is 64.7 Å². The fourth-order valence-electron chi connectivity index (χ4n) is 2.94. The number of rotatable bonds is 4. The molecule has 6 nitrogen and oxygen atoms in total. The van der Waals surface area contributed by atoms with E-state index in [1.54, 1.807) is 43.3 Å². The van der Waals surface area contributed by atoms with Gasteiger partial charge in [0, 0.05) is 5.56 Å². The Kier molecular flexibility index (Phi) is 5.28. The van der Waals surface area contributed by atoms with Crippen LogP contribution in [0.25, 0.3) is 6.08 Å². The van der Waals surface area contributed by atoms with E-state index in [4.69, 9.17) is 11.2 Å². The van der Waals surface area contributed by atoms with Gasteiger partial charge in [0.2, 0.25) is 0 Å². The standard InChI is InChI=1S/C22H18N2O4/c1-4-11-28-19-8-6-5-7-16(19)13-17-20(25)23-22(27)24(21(17)26)18-10-9-14(2)12-15(18)3/h1,5-10,12-13H,11H2,2-3H3,(H,23,25,27)/b17-13+. The quantitative estimate of drug-likeness (QED) is 0.507. The zero-order chi connectivity index (χ0) is 20.3. The van der Waals surface area contributed by atoms with Crippen LogP contribution in [0.2, 0.25) is 0 Å². The van der Waals surface area contributed by atoms with Gasteiger partial charge < -0.3 is 4.74 Å². The average molecular weight is 374 g/mol. The smallest absolute Gasteiger partial charge is 0.335 e. The van der Waals surface area contributed by atoms with Gasteiger partial charge in [-0.3, -0.25) is 14.9 Å². The third-order valence-electron chi connectivity index (χ3n) is 4.22. The van der Waals surface area contributed by atoms with Gasteiger partial charge in [0.25, 0.3) is 11.8 Å². The minimum absolute atomic E-state index is 0.0491. The van der Waals surface area contributed by atoms with Crippen LogP contribution in [0.1, 0.15) is 16.7 Å². The van der Waals surface area contributed by atoms with Gasteiger partial charge in [-0.15, -0.1) is 6.42 Å². The molecular weight excluding hydrogens is 356 g/mol. The van der Waals surface area contributed by atoms with Crippen LogP contribution in [0, 0.1) is 26.2 Å². The van der Waals surface area contributed by atoms with Crippen LogP contribution in [-0.4, -0.2) is 24.5 Å². The number of ether oxygens (including phenoxy) is 1. The number of carbonyl (C=O) groups is 3. The van der Waals surface area contributed by atoms with Crippen molar-refractivity contribution in [2.45, 2.75) is 13.8 Å². The van der Waals surface area contributed by atoms with E-state index in [1.165, 1.54) is 6.08 Å². The number of aryl methyl sites for hydroxylation is 2. The zero-order valence-corrected chi connectivity index (χ0v) is 15.5. The third-order valence-corrected chi connectivity index (χ3v) is 4.22. The molecule has 2 aromatic rings. The van der Waals surface area contributed by atoms with Crippen molar-refractivity contribution >= 4 is 29.6 Å². The predicted molar refractivity (Wildman–Crippen MR) is 106 cm³/mol. The van der Waals surface area contributed by atoms with Gasteiger partial charge in [-0.25, -0.2) is 9.69 Å². The number of benzene rings is 2. The fourth-order valence-corrected chi connectivity index (χ4v) is 2.94. The number of imide groups is 2. The average Bonchev–Trinajstić information content (AvgIpc) is 2.65. The first kappa shape index (κ1) is 18.9. The van der Waals surface area contributed by atoms with Gasteiger partial charge >= 0.3 is 6.03 Å². The first-order valence-corrected chi connectivity index (χ1v) is 8.56. The molecule has 0 radical (unpaired) electrons. The number of anilines is 1. The molecule has 6 heteroatoms. The summed E-state index contributed by atoms with van der Waals surface area (Å²) in [5.74, 6) is 1.34. The lowest BCUT2D eigenvalue weighted by molar-refractivity contribution is -0.122. The summed E-state index contributed by atoms with van der Waals surface area (Å²) < 4.78 is 5.46. The van der Waals surface area contributed by atoms with Crippen molar-refractivity contribution in [1.29, 1.82) is 0 Å². The summed E-state index contributed by atoms with van der Waals surface area (Å²) in [6, 6.07) is 11.4. The highest BCUT2D eigenvalue weighted by Crippen LogP contribution is 2.27. The Morgan fingerprint density at radius 3 is 2.61 bits per heavy atom. The first-order chi connectivity index (χ1) is 13.4. The van der Waals surface area contributed by atoms with Gasteiger partial charge in [0.15, 0.2) is 0 Å². The van der Waals surface area contributed by atoms with Crippen molar-refractivity contribution in [2.75, 3.05) is 11.5 Å². The van der Waals surface area contributed by atoms with E-state index in [2.05, 4.69) is 11.2 Å². The molecule has 0 spiro atoms. The normalized spacial score (nSPS) is 15.4. The number of nitrogens with one attached hydrogen (secondary N) is 1. The number of barbiturate groups is 1. The summed E-state index contributed by atoms with van der Waals surface area (Å²) in [4.78, 5) is 38.7. The molecular formula is C22H18N2O4. The molecule has 140 valence electrons. The number of terminal acetylenes is 1. The Morgan fingerprint density at radius 2 is 1.89 bits per heavy atom. The van der Waals surface area contributed by atoms with Crippen LogP contribution >= 0.6 is 0 Å². The van der Waals surface area contributed by atoms with Crippen LogP contribution in [0.3, 0.4) is 0 Å². The minimum Gasteiger partial charge on any atom is -0.480 e. The highest BCUT2D eigenvalue weighted by Gasteiger charge is 2.37. The molecule has 2 aromatic carbocycles. The summed E-state index contributed by atoms with van der Waals surface area (Å²) in [6.07, 6.45) is 6.62. The van der Waals surface area contributed by atoms with E-state index in [-0.39, 0.29) is 12.2 Å². The van der Waals surface area contributed by atoms with Gasteiger partial charge in [-0.1, -0.05) is 41.8 Å². The number of nitrogens with zero attached hydrogens (tertiary/aromatic N) is 1. The van der Waals surface area contributed by atoms with Crippen LogP contribution in [0.15, 0.2) is 48.0 Å². The summed E-state index contributed by atoms with van der Waals surface area (Å²) in [7, 11) is 0. The molecule has 0 aliphatic carbocycles. The Hall–Kier alpha value is -3.85. The van der Waals surface area contributed by atoms with Crippen molar-refractivity contribution in [2.24, 2.45) is 0 Å². The summed E-state index contributed by atoms with van der Waals surface area (Å²) in [6.45, 7) is 3.76. The molecule has 0 bridgehead atoms.